The second kappa shape index (κ2) is 9.20. The zero-order chi connectivity index (χ0) is 19.9. The van der Waals surface area contributed by atoms with Crippen molar-refractivity contribution in [2.75, 3.05) is 23.1 Å². The number of benzene rings is 2. The molecular formula is C19H17ClN4O3S. The molecule has 1 aromatic heterocycles. The molecule has 0 atom stereocenters. The first-order valence-corrected chi connectivity index (χ1v) is 9.49. The predicted octanol–water partition coefficient (Wildman–Crippen LogP) is 4.63. The molecule has 0 bridgehead atoms. The molecule has 0 aliphatic carbocycles. The lowest BCUT2D eigenvalue weighted by atomic mass is 10.2. The van der Waals surface area contributed by atoms with E-state index >= 15 is 0 Å². The van der Waals surface area contributed by atoms with Crippen molar-refractivity contribution in [1.29, 1.82) is 0 Å². The lowest BCUT2D eigenvalue weighted by Gasteiger charge is -2.06. The summed E-state index contributed by atoms with van der Waals surface area (Å²) in [6, 6.07) is 13.5. The summed E-state index contributed by atoms with van der Waals surface area (Å²) >= 11 is 7.13. The van der Waals surface area contributed by atoms with Crippen LogP contribution in [0.3, 0.4) is 0 Å². The topological polar surface area (TPSA) is 92.4 Å². The quantitative estimate of drug-likeness (QED) is 0.546. The SMILES string of the molecule is COc1cccc(NC(=O)Cc2csc(NC(=O)Nc3cccc(Cl)c3)n2)c1. The molecule has 3 N–H and O–H groups in total. The molecule has 0 spiro atoms. The summed E-state index contributed by atoms with van der Waals surface area (Å²) in [6.07, 6.45) is 0.0886. The highest BCUT2D eigenvalue weighted by Crippen LogP contribution is 2.20. The summed E-state index contributed by atoms with van der Waals surface area (Å²) < 4.78 is 5.13. The maximum absolute atomic E-state index is 12.2. The minimum Gasteiger partial charge on any atom is -0.497 e. The minimum absolute atomic E-state index is 0.0886. The largest absolute Gasteiger partial charge is 0.497 e. The van der Waals surface area contributed by atoms with Gasteiger partial charge in [-0.25, -0.2) is 9.78 Å². The van der Waals surface area contributed by atoms with E-state index in [0.717, 1.165) is 0 Å². The average molecular weight is 417 g/mol. The molecule has 1 heterocycles. The first kappa shape index (κ1) is 19.7. The van der Waals surface area contributed by atoms with Crippen LogP contribution in [0.25, 0.3) is 0 Å². The number of hydrogen-bond acceptors (Lipinski definition) is 5. The molecular weight excluding hydrogens is 400 g/mol. The number of rotatable bonds is 6. The second-order valence-corrected chi connectivity index (χ2v) is 6.98. The van der Waals surface area contributed by atoms with E-state index < -0.39 is 6.03 Å². The Labute approximate surface area is 170 Å². The molecule has 0 radical (unpaired) electrons. The van der Waals surface area contributed by atoms with E-state index in [-0.39, 0.29) is 12.3 Å². The first-order valence-electron chi connectivity index (χ1n) is 8.24. The van der Waals surface area contributed by atoms with Crippen molar-refractivity contribution in [2.45, 2.75) is 6.42 Å². The predicted molar refractivity (Wildman–Crippen MR) is 112 cm³/mol. The van der Waals surface area contributed by atoms with Crippen LogP contribution >= 0.6 is 22.9 Å². The van der Waals surface area contributed by atoms with Crippen LogP contribution in [0.5, 0.6) is 5.75 Å². The van der Waals surface area contributed by atoms with Crippen LogP contribution in [0.4, 0.5) is 21.3 Å². The van der Waals surface area contributed by atoms with Gasteiger partial charge in [0.15, 0.2) is 5.13 Å². The highest BCUT2D eigenvalue weighted by atomic mass is 35.5. The second-order valence-electron chi connectivity index (χ2n) is 5.69. The van der Waals surface area contributed by atoms with Gasteiger partial charge in [0, 0.05) is 27.8 Å². The molecule has 0 aliphatic rings. The van der Waals surface area contributed by atoms with Gasteiger partial charge < -0.3 is 15.4 Å². The first-order chi connectivity index (χ1) is 13.5. The normalized spacial score (nSPS) is 10.2. The van der Waals surface area contributed by atoms with E-state index in [1.54, 1.807) is 61.0 Å². The number of anilines is 3. The van der Waals surface area contributed by atoms with Crippen LogP contribution in [-0.2, 0) is 11.2 Å². The standard InChI is InChI=1S/C19H17ClN4O3S/c1-27-16-7-3-6-14(9-16)21-17(25)10-15-11-28-19(23-15)24-18(26)22-13-5-2-4-12(20)8-13/h2-9,11H,10H2,1H3,(H,21,25)(H2,22,23,24,26). The lowest BCUT2D eigenvalue weighted by molar-refractivity contribution is -0.115. The Morgan fingerprint density at radius 1 is 1.07 bits per heavy atom. The van der Waals surface area contributed by atoms with Crippen molar-refractivity contribution < 1.29 is 14.3 Å². The van der Waals surface area contributed by atoms with Gasteiger partial charge in [-0.3, -0.25) is 10.1 Å². The van der Waals surface area contributed by atoms with Crippen molar-refractivity contribution in [2.24, 2.45) is 0 Å². The monoisotopic (exact) mass is 416 g/mol. The zero-order valence-corrected chi connectivity index (χ0v) is 16.4. The van der Waals surface area contributed by atoms with Gasteiger partial charge in [-0.1, -0.05) is 23.7 Å². The highest BCUT2D eigenvalue weighted by molar-refractivity contribution is 7.14. The Bertz CT molecular complexity index is 993. The van der Waals surface area contributed by atoms with Crippen LogP contribution in [0.2, 0.25) is 5.02 Å². The van der Waals surface area contributed by atoms with Crippen LogP contribution in [-0.4, -0.2) is 24.0 Å². The molecule has 3 aromatic rings. The molecule has 28 heavy (non-hydrogen) atoms. The number of hydrogen-bond donors (Lipinski definition) is 3. The van der Waals surface area contributed by atoms with Crippen molar-refractivity contribution in [3.05, 3.63) is 64.6 Å². The molecule has 0 saturated carbocycles. The summed E-state index contributed by atoms with van der Waals surface area (Å²) in [4.78, 5) is 28.5. The Balaban J connectivity index is 1.53. The number of nitrogens with one attached hydrogen (secondary N) is 3. The molecule has 9 heteroatoms. The molecule has 7 nitrogen and oxygen atoms in total. The maximum Gasteiger partial charge on any atom is 0.325 e. The molecule has 3 rings (SSSR count). The third kappa shape index (κ3) is 5.70. The van der Waals surface area contributed by atoms with E-state index in [0.29, 0.717) is 33.0 Å². The fraction of sp³-hybridized carbons (Fsp3) is 0.105. The summed E-state index contributed by atoms with van der Waals surface area (Å²) in [5.74, 6) is 0.442. The van der Waals surface area contributed by atoms with Crippen LogP contribution in [0.15, 0.2) is 53.9 Å². The van der Waals surface area contributed by atoms with Gasteiger partial charge in [0.25, 0.3) is 0 Å². The minimum atomic E-state index is -0.441. The Morgan fingerprint density at radius 2 is 1.82 bits per heavy atom. The number of amides is 3. The van der Waals surface area contributed by atoms with Crippen LogP contribution in [0.1, 0.15) is 5.69 Å². The van der Waals surface area contributed by atoms with Crippen LogP contribution in [0, 0.1) is 0 Å². The smallest absolute Gasteiger partial charge is 0.325 e. The molecule has 0 aliphatic heterocycles. The zero-order valence-electron chi connectivity index (χ0n) is 14.9. The maximum atomic E-state index is 12.2. The van der Waals surface area contributed by atoms with Crippen molar-refractivity contribution >= 4 is 51.4 Å². The number of methoxy groups -OCH3 is 1. The van der Waals surface area contributed by atoms with Crippen molar-refractivity contribution in [3.63, 3.8) is 0 Å². The Hall–Kier alpha value is -3.10. The summed E-state index contributed by atoms with van der Waals surface area (Å²) in [7, 11) is 1.56. The number of carbonyl (C=O) groups is 2. The van der Waals surface area contributed by atoms with Crippen molar-refractivity contribution in [1.82, 2.24) is 4.98 Å². The lowest BCUT2D eigenvalue weighted by Crippen LogP contribution is -2.19. The molecule has 2 aromatic carbocycles. The summed E-state index contributed by atoms with van der Waals surface area (Å²) in [6.45, 7) is 0. The van der Waals surface area contributed by atoms with Gasteiger partial charge in [0.2, 0.25) is 5.91 Å². The number of carbonyl (C=O) groups excluding carboxylic acids is 2. The van der Waals surface area contributed by atoms with E-state index in [2.05, 4.69) is 20.9 Å². The summed E-state index contributed by atoms with van der Waals surface area (Å²) in [5.41, 5.74) is 1.77. The van der Waals surface area contributed by atoms with Crippen molar-refractivity contribution in [3.8, 4) is 5.75 Å². The van der Waals surface area contributed by atoms with Gasteiger partial charge in [-0.05, 0) is 30.3 Å². The Morgan fingerprint density at radius 3 is 2.57 bits per heavy atom. The highest BCUT2D eigenvalue weighted by Gasteiger charge is 2.11. The summed E-state index contributed by atoms with van der Waals surface area (Å²) in [5, 5.41) is 10.7. The molecule has 0 fully saturated rings. The van der Waals surface area contributed by atoms with E-state index in [1.165, 1.54) is 11.3 Å². The average Bonchev–Trinajstić information content (AvgIpc) is 3.08. The van der Waals surface area contributed by atoms with Gasteiger partial charge in [0.05, 0.1) is 19.2 Å². The third-order valence-corrected chi connectivity index (χ3v) is 4.59. The number of ether oxygens (including phenoxy) is 1. The fourth-order valence-corrected chi connectivity index (χ4v) is 3.24. The fourth-order valence-electron chi connectivity index (χ4n) is 2.34. The third-order valence-electron chi connectivity index (χ3n) is 3.55. The van der Waals surface area contributed by atoms with Gasteiger partial charge in [-0.15, -0.1) is 11.3 Å². The van der Waals surface area contributed by atoms with Crippen LogP contribution < -0.4 is 20.7 Å². The molecule has 3 amide bonds. The van der Waals surface area contributed by atoms with E-state index in [9.17, 15) is 9.59 Å². The number of urea groups is 1. The van der Waals surface area contributed by atoms with Gasteiger partial charge in [0.1, 0.15) is 5.75 Å². The van der Waals surface area contributed by atoms with Gasteiger partial charge >= 0.3 is 6.03 Å². The number of aromatic nitrogens is 1. The van der Waals surface area contributed by atoms with E-state index in [1.807, 2.05) is 0 Å². The Kier molecular flexibility index (Phi) is 6.46. The van der Waals surface area contributed by atoms with Gasteiger partial charge in [-0.2, -0.15) is 0 Å². The number of halogens is 1. The van der Waals surface area contributed by atoms with E-state index in [4.69, 9.17) is 16.3 Å². The molecule has 0 saturated heterocycles. The molecule has 0 unspecified atom stereocenters. The molecule has 144 valence electrons. The number of thiazole rings is 1. The number of nitrogens with zero attached hydrogens (tertiary/aromatic N) is 1.